The van der Waals surface area contributed by atoms with E-state index < -0.39 is 23.8 Å². The van der Waals surface area contributed by atoms with Crippen molar-refractivity contribution in [1.82, 2.24) is 10.2 Å². The van der Waals surface area contributed by atoms with Crippen molar-refractivity contribution in [3.63, 3.8) is 0 Å². The highest BCUT2D eigenvalue weighted by Crippen LogP contribution is 2.35. The van der Waals surface area contributed by atoms with Gasteiger partial charge in [-0.25, -0.2) is 4.79 Å². The van der Waals surface area contributed by atoms with Gasteiger partial charge in [0.25, 0.3) is 5.91 Å². The molecule has 0 aliphatic heterocycles. The van der Waals surface area contributed by atoms with Crippen LogP contribution in [0.15, 0.2) is 42.5 Å². The summed E-state index contributed by atoms with van der Waals surface area (Å²) in [5.74, 6) is -0.626. The fourth-order valence-corrected chi connectivity index (χ4v) is 4.15. The van der Waals surface area contributed by atoms with Gasteiger partial charge in [-0.05, 0) is 95.7 Å². The largest absolute Gasteiger partial charge is 0.508 e. The molecular formula is C28H37N3O5. The van der Waals surface area contributed by atoms with Crippen molar-refractivity contribution < 1.29 is 24.2 Å². The number of nitrogens with zero attached hydrogens (tertiary/aromatic N) is 1. The third kappa shape index (κ3) is 6.56. The van der Waals surface area contributed by atoms with Gasteiger partial charge in [0.2, 0.25) is 5.91 Å². The Hall–Kier alpha value is -3.55. The number of carbonyl (C=O) groups is 3. The van der Waals surface area contributed by atoms with E-state index in [4.69, 9.17) is 4.74 Å². The molecule has 2 atom stereocenters. The van der Waals surface area contributed by atoms with Gasteiger partial charge in [0.05, 0.1) is 0 Å². The monoisotopic (exact) mass is 495 g/mol. The topological polar surface area (TPSA) is 108 Å². The molecule has 1 saturated carbocycles. The molecule has 1 fully saturated rings. The Morgan fingerprint density at radius 1 is 1.06 bits per heavy atom. The molecule has 3 amide bonds. The lowest BCUT2D eigenvalue weighted by molar-refractivity contribution is -0.145. The van der Waals surface area contributed by atoms with Gasteiger partial charge in [0, 0.05) is 11.7 Å². The average molecular weight is 496 g/mol. The summed E-state index contributed by atoms with van der Waals surface area (Å²) in [5, 5.41) is 15.7. The molecule has 194 valence electrons. The number of hydrogen-bond donors (Lipinski definition) is 3. The van der Waals surface area contributed by atoms with Crippen LogP contribution in [0.3, 0.4) is 0 Å². The van der Waals surface area contributed by atoms with E-state index in [9.17, 15) is 19.5 Å². The maximum atomic E-state index is 13.8. The number of phenols is 1. The number of aryl methyl sites for hydroxylation is 2. The van der Waals surface area contributed by atoms with Crippen molar-refractivity contribution in [1.29, 1.82) is 0 Å². The number of nitrogens with one attached hydrogen (secondary N) is 2. The zero-order valence-electron chi connectivity index (χ0n) is 21.9. The molecule has 1 aliphatic carbocycles. The Labute approximate surface area is 213 Å². The molecule has 0 bridgehead atoms. The molecule has 2 aromatic carbocycles. The highest BCUT2D eigenvalue weighted by Gasteiger charge is 2.41. The lowest BCUT2D eigenvalue weighted by Gasteiger charge is -2.43. The van der Waals surface area contributed by atoms with Crippen LogP contribution in [0.1, 0.15) is 69.7 Å². The smallest absolute Gasteiger partial charge is 0.408 e. The molecule has 8 nitrogen and oxygen atoms in total. The van der Waals surface area contributed by atoms with Gasteiger partial charge in [-0.1, -0.05) is 24.3 Å². The van der Waals surface area contributed by atoms with E-state index in [0.717, 1.165) is 24.8 Å². The molecule has 0 heterocycles. The molecule has 36 heavy (non-hydrogen) atoms. The first-order valence-corrected chi connectivity index (χ1v) is 12.3. The molecule has 3 N–H and O–H groups in total. The van der Waals surface area contributed by atoms with Crippen molar-refractivity contribution in [3.8, 4) is 5.75 Å². The van der Waals surface area contributed by atoms with Gasteiger partial charge in [-0.15, -0.1) is 0 Å². The van der Waals surface area contributed by atoms with Crippen molar-refractivity contribution in [2.75, 3.05) is 5.32 Å². The predicted octanol–water partition coefficient (Wildman–Crippen LogP) is 4.98. The van der Waals surface area contributed by atoms with E-state index in [0.29, 0.717) is 16.8 Å². The number of para-hydroxylation sites is 1. The number of carbonyl (C=O) groups excluding carboxylic acids is 3. The van der Waals surface area contributed by atoms with Crippen LogP contribution in [-0.4, -0.2) is 45.6 Å². The standard InChI is InChI=1S/C28H37N3O5/c1-17-10-7-8-13-22(17)30-25(33)24(20-14-15-23(32)18(2)16-20)31(21-11-9-12-21)26(34)19(3)29-27(35)36-28(4,5)6/h7-8,10,13-16,19,21,24,32H,9,11-12H2,1-6H3,(H,29,35)(H,30,33). The van der Waals surface area contributed by atoms with Crippen LogP contribution in [0.2, 0.25) is 0 Å². The van der Waals surface area contributed by atoms with Gasteiger partial charge in [0.15, 0.2) is 0 Å². The maximum Gasteiger partial charge on any atom is 0.408 e. The first-order chi connectivity index (χ1) is 16.9. The Morgan fingerprint density at radius 3 is 2.28 bits per heavy atom. The van der Waals surface area contributed by atoms with Crippen LogP contribution >= 0.6 is 0 Å². The average Bonchev–Trinajstić information content (AvgIpc) is 2.74. The molecule has 1 aliphatic rings. The van der Waals surface area contributed by atoms with Crippen molar-refractivity contribution in [3.05, 3.63) is 59.2 Å². The number of benzene rings is 2. The number of aromatic hydroxyl groups is 1. The van der Waals surface area contributed by atoms with Crippen LogP contribution in [0, 0.1) is 13.8 Å². The Balaban J connectivity index is 1.98. The second-order valence-electron chi connectivity index (χ2n) is 10.5. The molecule has 0 spiro atoms. The van der Waals surface area contributed by atoms with E-state index in [2.05, 4.69) is 10.6 Å². The molecule has 2 unspecified atom stereocenters. The van der Waals surface area contributed by atoms with Gasteiger partial charge in [-0.2, -0.15) is 0 Å². The van der Waals surface area contributed by atoms with E-state index in [-0.39, 0.29) is 23.6 Å². The fraction of sp³-hybridized carbons (Fsp3) is 0.464. The number of hydrogen-bond acceptors (Lipinski definition) is 5. The van der Waals surface area contributed by atoms with Crippen molar-refractivity contribution in [2.24, 2.45) is 0 Å². The summed E-state index contributed by atoms with van der Waals surface area (Å²) >= 11 is 0. The maximum absolute atomic E-state index is 13.8. The zero-order valence-corrected chi connectivity index (χ0v) is 21.9. The minimum absolute atomic E-state index is 0.110. The number of ether oxygens (including phenoxy) is 1. The van der Waals surface area contributed by atoms with Gasteiger partial charge < -0.3 is 25.4 Å². The molecular weight excluding hydrogens is 458 g/mol. The number of anilines is 1. The van der Waals surface area contributed by atoms with Crippen LogP contribution in [0.5, 0.6) is 5.75 Å². The second-order valence-corrected chi connectivity index (χ2v) is 10.5. The minimum Gasteiger partial charge on any atom is -0.508 e. The van der Waals surface area contributed by atoms with Crippen molar-refractivity contribution in [2.45, 2.75) is 84.5 Å². The summed E-state index contributed by atoms with van der Waals surface area (Å²) in [7, 11) is 0. The normalized spacial score (nSPS) is 15.3. The van der Waals surface area contributed by atoms with E-state index in [1.54, 1.807) is 51.7 Å². The Kier molecular flexibility index (Phi) is 8.28. The molecule has 0 radical (unpaired) electrons. The number of alkyl carbamates (subject to hydrolysis) is 1. The number of phenolic OH excluding ortho intramolecular Hbond substituents is 1. The third-order valence-corrected chi connectivity index (χ3v) is 6.29. The van der Waals surface area contributed by atoms with E-state index >= 15 is 0 Å². The molecule has 3 rings (SSSR count). The van der Waals surface area contributed by atoms with Crippen LogP contribution in [0.4, 0.5) is 10.5 Å². The summed E-state index contributed by atoms with van der Waals surface area (Å²) in [6.45, 7) is 10.5. The summed E-state index contributed by atoms with van der Waals surface area (Å²) in [5.41, 5.74) is 2.03. The van der Waals surface area contributed by atoms with E-state index in [1.807, 2.05) is 31.2 Å². The number of rotatable bonds is 7. The lowest BCUT2D eigenvalue weighted by atomic mass is 9.88. The highest BCUT2D eigenvalue weighted by molar-refractivity contribution is 5.99. The summed E-state index contributed by atoms with van der Waals surface area (Å²) < 4.78 is 5.32. The van der Waals surface area contributed by atoms with Crippen LogP contribution < -0.4 is 10.6 Å². The van der Waals surface area contributed by atoms with Gasteiger partial charge in [-0.3, -0.25) is 9.59 Å². The summed E-state index contributed by atoms with van der Waals surface area (Å²) in [6, 6.07) is 10.3. The lowest BCUT2D eigenvalue weighted by Crippen LogP contribution is -2.56. The molecule has 8 heteroatoms. The fourth-order valence-electron chi connectivity index (χ4n) is 4.15. The molecule has 0 aromatic heterocycles. The first-order valence-electron chi connectivity index (χ1n) is 12.3. The van der Waals surface area contributed by atoms with E-state index in [1.165, 1.54) is 6.07 Å². The molecule has 2 aromatic rings. The van der Waals surface area contributed by atoms with Gasteiger partial charge in [0.1, 0.15) is 23.4 Å². The highest BCUT2D eigenvalue weighted by atomic mass is 16.6. The van der Waals surface area contributed by atoms with Crippen LogP contribution in [-0.2, 0) is 14.3 Å². The number of amides is 3. The minimum atomic E-state index is -0.954. The summed E-state index contributed by atoms with van der Waals surface area (Å²) in [4.78, 5) is 41.6. The van der Waals surface area contributed by atoms with Gasteiger partial charge >= 0.3 is 6.09 Å². The third-order valence-electron chi connectivity index (χ3n) is 6.29. The summed E-state index contributed by atoms with van der Waals surface area (Å²) in [6.07, 6.45) is 1.77. The van der Waals surface area contributed by atoms with Crippen LogP contribution in [0.25, 0.3) is 0 Å². The Bertz CT molecular complexity index is 1120. The predicted molar refractivity (Wildman–Crippen MR) is 139 cm³/mol. The Morgan fingerprint density at radius 2 is 1.72 bits per heavy atom. The molecule has 0 saturated heterocycles. The first kappa shape index (κ1) is 27.0. The zero-order chi connectivity index (χ0) is 26.6. The SMILES string of the molecule is Cc1cc(C(C(=O)Nc2ccccc2C)N(C(=O)C(C)NC(=O)OC(C)(C)C)C2CCC2)ccc1O. The quantitative estimate of drug-likeness (QED) is 0.502. The van der Waals surface area contributed by atoms with Crippen molar-refractivity contribution >= 4 is 23.6 Å². The second kappa shape index (κ2) is 11.0.